The van der Waals surface area contributed by atoms with E-state index in [1.165, 1.54) is 0 Å². The Hall–Kier alpha value is -4.18. The van der Waals surface area contributed by atoms with Gasteiger partial charge in [0.2, 0.25) is 0 Å². The van der Waals surface area contributed by atoms with Crippen LogP contribution in [0.3, 0.4) is 0 Å². The summed E-state index contributed by atoms with van der Waals surface area (Å²) in [4.78, 5) is 73.5. The number of carbonyl (C=O) groups is 6. The molecule has 6 saturated heterocycles. The predicted octanol–water partition coefficient (Wildman–Crippen LogP) is -12.2. The Kier molecular flexibility index (Phi) is 19.4. The fraction of sp³-hybridized carbons (Fsp3) is 0.842. The Morgan fingerprint density at radius 2 is 0.413 bits per heavy atom. The van der Waals surface area contributed by atoms with E-state index in [1.807, 2.05) is 0 Å². The summed E-state index contributed by atoms with van der Waals surface area (Å²) in [5.74, 6) is -11.8. The van der Waals surface area contributed by atoms with Crippen LogP contribution in [0, 0.1) is 0 Å². The molecule has 30 atom stereocenters. The van der Waals surface area contributed by atoms with Crippen molar-refractivity contribution in [3.8, 4) is 0 Å². The molecule has 14 unspecified atom stereocenters. The average molecular weight is 1100 g/mol. The van der Waals surface area contributed by atoms with Gasteiger partial charge >= 0.3 is 35.8 Å². The van der Waals surface area contributed by atoms with Gasteiger partial charge in [-0.2, -0.15) is 0 Å². The molecule has 0 aromatic rings. The monoisotopic (exact) mass is 1100 g/mol. The Morgan fingerprint density at radius 1 is 0.253 bits per heavy atom. The Labute approximate surface area is 416 Å². The molecule has 18 N–H and O–H groups in total. The highest BCUT2D eigenvalue weighted by Gasteiger charge is 2.61. The van der Waals surface area contributed by atoms with Gasteiger partial charge in [-0.3, -0.25) is 0 Å². The van der Waals surface area contributed by atoms with E-state index in [1.54, 1.807) is 0 Å². The van der Waals surface area contributed by atoms with Gasteiger partial charge in [0.1, 0.15) is 110 Å². The van der Waals surface area contributed by atoms with E-state index < -0.39 is 220 Å². The second kappa shape index (κ2) is 24.2. The number of rotatable bonds is 18. The van der Waals surface area contributed by atoms with Crippen LogP contribution in [0.4, 0.5) is 0 Å². The second-order valence-electron chi connectivity index (χ2n) is 17.4. The maximum Gasteiger partial charge on any atom is 0.335 e. The summed E-state index contributed by atoms with van der Waals surface area (Å²) in [5, 5.41) is 190. The molecule has 37 nitrogen and oxygen atoms in total. The minimum atomic E-state index is -2.63. The lowest BCUT2D eigenvalue weighted by molar-refractivity contribution is -0.386. The minimum Gasteiger partial charge on any atom is -0.479 e. The number of aliphatic hydroxyl groups is 12. The lowest BCUT2D eigenvalue weighted by Gasteiger charge is -2.48. The molecule has 6 fully saturated rings. The molecule has 75 heavy (non-hydrogen) atoms. The van der Waals surface area contributed by atoms with E-state index in [0.29, 0.717) is 0 Å². The third-order valence-corrected chi connectivity index (χ3v) is 12.7. The number of carboxylic acid groups (broad SMARTS) is 6. The van der Waals surface area contributed by atoms with Crippen LogP contribution < -0.4 is 0 Å². The zero-order chi connectivity index (χ0) is 56.0. The first-order valence-electron chi connectivity index (χ1n) is 21.9. The van der Waals surface area contributed by atoms with Gasteiger partial charge in [0.05, 0.1) is 0 Å². The molecule has 0 spiro atoms. The lowest BCUT2D eigenvalue weighted by Crippen LogP contribution is -2.69. The highest BCUT2D eigenvalue weighted by atomic mass is 16.8. The van der Waals surface area contributed by atoms with E-state index >= 15 is 0 Å². The van der Waals surface area contributed by atoms with Crippen LogP contribution in [0.5, 0.6) is 0 Å². The van der Waals surface area contributed by atoms with Crippen molar-refractivity contribution in [1.29, 1.82) is 0 Å². The van der Waals surface area contributed by atoms with Crippen molar-refractivity contribution in [3.05, 3.63) is 0 Å². The average Bonchev–Trinajstić information content (AvgIpc) is 3.34. The van der Waals surface area contributed by atoms with Crippen LogP contribution in [0.15, 0.2) is 0 Å². The number of hydrogen-bond donors (Lipinski definition) is 18. The van der Waals surface area contributed by atoms with Crippen LogP contribution in [-0.2, 0) is 90.3 Å². The van der Waals surface area contributed by atoms with Crippen LogP contribution in [-0.4, -0.2) is 326 Å². The van der Waals surface area contributed by atoms with E-state index in [4.69, 9.17) is 61.6 Å². The van der Waals surface area contributed by atoms with Gasteiger partial charge in [-0.1, -0.05) is 0 Å². The minimum absolute atomic E-state index is 0.959. The van der Waals surface area contributed by atoms with Crippen molar-refractivity contribution in [2.75, 3.05) is 14.2 Å². The number of aliphatic carboxylic acids is 6. The standard InChI is InChI=1S/C38H54O37/c1-63-15-3(39)10(46)34(71-21(15)27(51)52)66-17-5(41)12(48)36(73-23(17)29(55)56)68-19-7(43)14(50)38(75-25(19)31(59)60)69-20-8(44)13(49)37(74-26(20)32(61)62)67-18-6(42)11(47)35(72-24(18)30(57)58)65-16-4(40)9(45)33(64-2)70-22(16)28(53)54/h3-26,33-50H,1-2H3,(H,51,52)(H,53,54)(H,55,56)(H,57,58)(H,59,60)(H,61,62)/t3-,4?,5?,6-,7+,8?,9?,10?,11?,12?,13?,14?,15+,16-,17-,18+,19+,20-,21?,22-,23?,24?,25?,26-,33-,34+,35?,36-,37-,38+/m0/s1. The highest BCUT2D eigenvalue weighted by Crippen LogP contribution is 2.37. The molecule has 6 rings (SSSR count). The first-order chi connectivity index (χ1) is 35.1. The first kappa shape index (κ1) is 60.1. The maximum atomic E-state index is 12.5. The number of methoxy groups -OCH3 is 2. The fourth-order valence-corrected chi connectivity index (χ4v) is 8.77. The third kappa shape index (κ3) is 12.0. The molecule has 0 amide bonds. The zero-order valence-corrected chi connectivity index (χ0v) is 38.1. The van der Waals surface area contributed by atoms with E-state index in [-0.39, 0.29) is 0 Å². The number of carboxylic acids is 6. The Bertz CT molecular complexity index is 2030. The Morgan fingerprint density at radius 3 is 0.587 bits per heavy atom. The number of aliphatic hydroxyl groups excluding tert-OH is 12. The summed E-state index contributed by atoms with van der Waals surface area (Å²) >= 11 is 0. The van der Waals surface area contributed by atoms with Gasteiger partial charge in [-0.15, -0.1) is 0 Å². The largest absolute Gasteiger partial charge is 0.479 e. The molecule has 0 aliphatic carbocycles. The topological polar surface area (TPSA) is 587 Å². The number of hydrogen-bond acceptors (Lipinski definition) is 31. The van der Waals surface area contributed by atoms with Crippen molar-refractivity contribution >= 4 is 35.8 Å². The van der Waals surface area contributed by atoms with Crippen molar-refractivity contribution in [2.24, 2.45) is 0 Å². The normalized spacial score (nSPS) is 48.6. The van der Waals surface area contributed by atoms with Crippen LogP contribution in [0.1, 0.15) is 0 Å². The first-order valence-corrected chi connectivity index (χ1v) is 21.9. The molecule has 0 aromatic carbocycles. The number of ether oxygens (including phenoxy) is 13. The van der Waals surface area contributed by atoms with E-state index in [9.17, 15) is 121 Å². The van der Waals surface area contributed by atoms with Crippen LogP contribution >= 0.6 is 0 Å². The van der Waals surface area contributed by atoms with Crippen molar-refractivity contribution < 1.29 is 182 Å². The summed E-state index contributed by atoms with van der Waals surface area (Å²) in [5.41, 5.74) is 0. The van der Waals surface area contributed by atoms with Crippen LogP contribution in [0.2, 0.25) is 0 Å². The molecule has 0 radical (unpaired) electrons. The summed E-state index contributed by atoms with van der Waals surface area (Å²) in [6.45, 7) is 0. The van der Waals surface area contributed by atoms with E-state index in [2.05, 4.69) is 0 Å². The molecular weight excluding hydrogens is 1050 g/mol. The summed E-state index contributed by atoms with van der Waals surface area (Å²) in [7, 11) is 1.94. The van der Waals surface area contributed by atoms with Crippen molar-refractivity contribution in [3.63, 3.8) is 0 Å². The third-order valence-electron chi connectivity index (χ3n) is 12.7. The highest BCUT2D eigenvalue weighted by molar-refractivity contribution is 5.76. The zero-order valence-electron chi connectivity index (χ0n) is 38.1. The quantitative estimate of drug-likeness (QED) is 0.0606. The van der Waals surface area contributed by atoms with Gasteiger partial charge in [0.25, 0.3) is 0 Å². The molecular formula is C38H54O37. The van der Waals surface area contributed by atoms with E-state index in [0.717, 1.165) is 14.2 Å². The summed E-state index contributed by atoms with van der Waals surface area (Å²) < 4.78 is 67.2. The lowest BCUT2D eigenvalue weighted by atomic mass is 9.95. The van der Waals surface area contributed by atoms with Gasteiger partial charge in [-0.05, 0) is 0 Å². The maximum absolute atomic E-state index is 12.5. The van der Waals surface area contributed by atoms with Crippen LogP contribution in [0.25, 0.3) is 0 Å². The molecule has 37 heteroatoms. The second-order valence-corrected chi connectivity index (χ2v) is 17.4. The fourth-order valence-electron chi connectivity index (χ4n) is 8.77. The molecule has 6 heterocycles. The molecule has 6 aliphatic heterocycles. The molecule has 0 bridgehead atoms. The smallest absolute Gasteiger partial charge is 0.335 e. The SMILES string of the molecule is CO[C@H]1O[C@H](C(=O)O)[C@@H](OC2OC(C(=O)O)[C@H](O[C@H]3O[C@H](C(=O)O)[C@@H](O[C@@H]4OC(C(=O)O)[C@H](O[C@H]5OC(C(=O)O)[C@@H](O[C@@H]6OC(C(=O)O)[C@H](OC)[C@@H](O)C6O)C(O)C5O)[C@H](O)C4O)C(O)C3O)[C@@H](O)C2O)C(O)C1O. The van der Waals surface area contributed by atoms with Crippen molar-refractivity contribution in [1.82, 2.24) is 0 Å². The Balaban J connectivity index is 1.13. The van der Waals surface area contributed by atoms with Gasteiger partial charge in [0.15, 0.2) is 74.4 Å². The molecule has 6 aliphatic rings. The van der Waals surface area contributed by atoms with Gasteiger partial charge in [-0.25, -0.2) is 28.8 Å². The van der Waals surface area contributed by atoms with Gasteiger partial charge < -0.3 is 153 Å². The van der Waals surface area contributed by atoms with Crippen molar-refractivity contribution in [2.45, 2.75) is 184 Å². The van der Waals surface area contributed by atoms with Gasteiger partial charge in [0, 0.05) is 14.2 Å². The summed E-state index contributed by atoms with van der Waals surface area (Å²) in [6, 6.07) is 0. The molecule has 428 valence electrons. The molecule has 0 saturated carbocycles. The molecule has 0 aromatic heterocycles. The predicted molar refractivity (Wildman–Crippen MR) is 212 cm³/mol. The summed E-state index contributed by atoms with van der Waals surface area (Å²) in [6.07, 6.45) is -70.9.